The van der Waals surface area contributed by atoms with Crippen LogP contribution >= 0.6 is 23.1 Å². The molecule has 1 saturated heterocycles. The van der Waals surface area contributed by atoms with E-state index < -0.39 is 0 Å². The molecule has 10 heteroatoms. The summed E-state index contributed by atoms with van der Waals surface area (Å²) in [5.74, 6) is 3.83. The van der Waals surface area contributed by atoms with Gasteiger partial charge in [-0.2, -0.15) is 16.7 Å². The average Bonchev–Trinajstić information content (AvgIpc) is 3.37. The number of ether oxygens (including phenoxy) is 1. The number of nitrogens with one attached hydrogen (secondary N) is 2. The van der Waals surface area contributed by atoms with Crippen LogP contribution in [0.2, 0.25) is 0 Å². The van der Waals surface area contributed by atoms with Gasteiger partial charge < -0.3 is 25.2 Å². The van der Waals surface area contributed by atoms with E-state index in [-0.39, 0.29) is 5.91 Å². The molecular weight excluding hydrogens is 480 g/mol. The third-order valence-electron chi connectivity index (χ3n) is 6.13. The first-order chi connectivity index (χ1) is 17.1. The van der Waals surface area contributed by atoms with Gasteiger partial charge in [-0.05, 0) is 41.6 Å². The Morgan fingerprint density at radius 1 is 1.17 bits per heavy atom. The Morgan fingerprint density at radius 3 is 2.83 bits per heavy atom. The molecule has 0 atom stereocenters. The lowest BCUT2D eigenvalue weighted by molar-refractivity contribution is -0.111. The molecule has 0 spiro atoms. The summed E-state index contributed by atoms with van der Waals surface area (Å²) < 4.78 is 5.72. The molecule has 1 amide bonds. The van der Waals surface area contributed by atoms with Gasteiger partial charge in [-0.3, -0.25) is 4.79 Å². The molecule has 182 valence electrons. The second-order valence-corrected chi connectivity index (χ2v) is 10.5. The van der Waals surface area contributed by atoms with Gasteiger partial charge in [-0.15, -0.1) is 11.3 Å². The number of carbonyl (C=O) groups excluding carboxylic acids is 1. The summed E-state index contributed by atoms with van der Waals surface area (Å²) in [7, 11) is 1.64. The molecule has 2 aliphatic heterocycles. The molecule has 1 fully saturated rings. The second-order valence-electron chi connectivity index (χ2n) is 8.27. The maximum Gasteiger partial charge on any atom is 0.247 e. The Hall–Kier alpha value is -3.24. The van der Waals surface area contributed by atoms with Crippen LogP contribution < -0.4 is 25.2 Å². The van der Waals surface area contributed by atoms with Crippen molar-refractivity contribution in [2.45, 2.75) is 13.0 Å². The molecule has 0 saturated carbocycles. The van der Waals surface area contributed by atoms with Crippen molar-refractivity contribution < 1.29 is 9.53 Å². The van der Waals surface area contributed by atoms with Gasteiger partial charge in [0.1, 0.15) is 11.6 Å². The van der Waals surface area contributed by atoms with Crippen LogP contribution in [0.4, 0.5) is 28.8 Å². The maximum atomic E-state index is 12.2. The molecule has 0 aliphatic carbocycles. The summed E-state index contributed by atoms with van der Waals surface area (Å²) in [5, 5.41) is 8.42. The molecule has 2 aliphatic rings. The number of nitrogens with zero attached hydrogens (tertiary/aromatic N) is 4. The highest BCUT2D eigenvalue weighted by Gasteiger charge is 2.21. The number of amides is 1. The Morgan fingerprint density at radius 2 is 2.03 bits per heavy atom. The Bertz CT molecular complexity index is 1220. The summed E-state index contributed by atoms with van der Waals surface area (Å²) in [5.41, 5.74) is 3.67. The third kappa shape index (κ3) is 5.23. The van der Waals surface area contributed by atoms with Gasteiger partial charge in [0.2, 0.25) is 11.9 Å². The number of thiophene rings is 1. The van der Waals surface area contributed by atoms with Crippen LogP contribution in [0.1, 0.15) is 10.4 Å². The van der Waals surface area contributed by atoms with Crippen molar-refractivity contribution in [2.24, 2.45) is 0 Å². The Kier molecular flexibility index (Phi) is 7.10. The van der Waals surface area contributed by atoms with Gasteiger partial charge in [-0.1, -0.05) is 6.58 Å². The van der Waals surface area contributed by atoms with Gasteiger partial charge in [0.05, 0.1) is 24.2 Å². The number of fused-ring (bicyclic) bond motifs is 1. The minimum absolute atomic E-state index is 0.259. The minimum atomic E-state index is -0.259. The van der Waals surface area contributed by atoms with Crippen molar-refractivity contribution in [3.05, 3.63) is 58.9 Å². The number of anilines is 5. The normalized spacial score (nSPS) is 15.3. The quantitative estimate of drug-likeness (QED) is 0.451. The lowest BCUT2D eigenvalue weighted by atomic mass is 10.1. The van der Waals surface area contributed by atoms with E-state index in [1.807, 2.05) is 41.3 Å². The molecule has 5 rings (SSSR count). The summed E-state index contributed by atoms with van der Waals surface area (Å²) in [6.07, 6.45) is 4.06. The summed E-state index contributed by atoms with van der Waals surface area (Å²) >= 11 is 3.76. The molecule has 4 heterocycles. The van der Waals surface area contributed by atoms with Gasteiger partial charge in [-0.25, -0.2) is 4.98 Å². The Balaban J connectivity index is 1.43. The highest BCUT2D eigenvalue weighted by Crippen LogP contribution is 2.39. The fraction of sp³-hybridized carbons (Fsp3) is 0.320. The van der Waals surface area contributed by atoms with Crippen LogP contribution in [0, 0.1) is 0 Å². The van der Waals surface area contributed by atoms with Crippen LogP contribution in [-0.2, 0) is 17.8 Å². The number of thioether (sulfide) groups is 1. The van der Waals surface area contributed by atoms with Crippen molar-refractivity contribution in [3.63, 3.8) is 0 Å². The van der Waals surface area contributed by atoms with Crippen LogP contribution in [0.15, 0.2) is 48.5 Å². The van der Waals surface area contributed by atoms with E-state index in [9.17, 15) is 4.79 Å². The molecule has 0 bridgehead atoms. The van der Waals surface area contributed by atoms with Gasteiger partial charge in [0, 0.05) is 54.8 Å². The molecular formula is C25H28N6O2S2. The van der Waals surface area contributed by atoms with E-state index in [2.05, 4.69) is 43.4 Å². The zero-order valence-corrected chi connectivity index (χ0v) is 21.3. The number of rotatable bonds is 7. The largest absolute Gasteiger partial charge is 0.494 e. The monoisotopic (exact) mass is 508 g/mol. The van der Waals surface area contributed by atoms with E-state index in [0.717, 1.165) is 55.6 Å². The summed E-state index contributed by atoms with van der Waals surface area (Å²) in [6.45, 7) is 7.18. The molecule has 2 aromatic heterocycles. The topological polar surface area (TPSA) is 82.6 Å². The smallest absolute Gasteiger partial charge is 0.247 e. The predicted molar refractivity (Wildman–Crippen MR) is 146 cm³/mol. The highest BCUT2D eigenvalue weighted by molar-refractivity contribution is 7.99. The van der Waals surface area contributed by atoms with E-state index >= 15 is 0 Å². The fourth-order valence-corrected chi connectivity index (χ4v) is 6.13. The van der Waals surface area contributed by atoms with E-state index in [1.54, 1.807) is 13.3 Å². The van der Waals surface area contributed by atoms with Crippen molar-refractivity contribution in [1.29, 1.82) is 0 Å². The molecule has 3 aromatic rings. The summed E-state index contributed by atoms with van der Waals surface area (Å²) in [4.78, 5) is 27.4. The SMILES string of the molecule is C=CC(=O)Nc1cc(Nc2nccc(N3CCc4sccc4C3)n2)c(OC)cc1N1CCSCC1. The average molecular weight is 509 g/mol. The fourth-order valence-electron chi connectivity index (χ4n) is 4.34. The van der Waals surface area contributed by atoms with Crippen LogP contribution in [0.25, 0.3) is 0 Å². The van der Waals surface area contributed by atoms with E-state index in [4.69, 9.17) is 9.72 Å². The lowest BCUT2D eigenvalue weighted by Gasteiger charge is -2.31. The van der Waals surface area contributed by atoms with Gasteiger partial charge >= 0.3 is 0 Å². The molecule has 1 aromatic carbocycles. The van der Waals surface area contributed by atoms with Crippen LogP contribution in [0.3, 0.4) is 0 Å². The number of methoxy groups -OCH3 is 1. The first-order valence-electron chi connectivity index (χ1n) is 11.5. The third-order valence-corrected chi connectivity index (χ3v) is 8.10. The summed E-state index contributed by atoms with van der Waals surface area (Å²) in [6, 6.07) is 7.97. The van der Waals surface area contributed by atoms with Crippen LogP contribution in [0.5, 0.6) is 5.75 Å². The number of aromatic nitrogens is 2. The minimum Gasteiger partial charge on any atom is -0.494 e. The molecule has 0 radical (unpaired) electrons. The van der Waals surface area contributed by atoms with Gasteiger partial charge in [0.15, 0.2) is 0 Å². The molecule has 0 unspecified atom stereocenters. The number of carbonyl (C=O) groups is 1. The zero-order chi connectivity index (χ0) is 24.2. The van der Waals surface area contributed by atoms with E-state index in [0.29, 0.717) is 23.1 Å². The number of hydrogen-bond acceptors (Lipinski definition) is 9. The van der Waals surface area contributed by atoms with E-state index in [1.165, 1.54) is 16.5 Å². The maximum absolute atomic E-state index is 12.2. The first kappa shape index (κ1) is 23.5. The zero-order valence-electron chi connectivity index (χ0n) is 19.6. The standard InChI is InChI=1S/C25H28N6O2S2/c1-3-24(32)27-18-14-19(21(33-2)15-20(18)30-9-12-34-13-10-30)28-25-26-7-4-23(29-25)31-8-5-22-17(16-31)6-11-35-22/h3-4,6-7,11,14-15H,1,5,8-10,12-13,16H2,2H3,(H,27,32)(H,26,28,29). The number of hydrogen-bond donors (Lipinski definition) is 2. The highest BCUT2D eigenvalue weighted by atomic mass is 32.2. The molecule has 8 nitrogen and oxygen atoms in total. The lowest BCUT2D eigenvalue weighted by Crippen LogP contribution is -2.33. The van der Waals surface area contributed by atoms with Gasteiger partial charge in [0.25, 0.3) is 0 Å². The van der Waals surface area contributed by atoms with Crippen molar-refractivity contribution in [1.82, 2.24) is 9.97 Å². The second kappa shape index (κ2) is 10.6. The Labute approximate surface area is 213 Å². The molecule has 2 N–H and O–H groups in total. The van der Waals surface area contributed by atoms with Crippen molar-refractivity contribution in [2.75, 3.05) is 58.7 Å². The van der Waals surface area contributed by atoms with Crippen molar-refractivity contribution >= 4 is 57.8 Å². The predicted octanol–water partition coefficient (Wildman–Crippen LogP) is 4.53. The first-order valence-corrected chi connectivity index (χ1v) is 13.6. The molecule has 35 heavy (non-hydrogen) atoms. The van der Waals surface area contributed by atoms with Crippen LogP contribution in [-0.4, -0.2) is 54.1 Å². The number of benzene rings is 1. The van der Waals surface area contributed by atoms with Crippen molar-refractivity contribution in [3.8, 4) is 5.75 Å².